The monoisotopic (exact) mass is 161 g/mol. The van der Waals surface area contributed by atoms with Crippen LogP contribution in [0.3, 0.4) is 0 Å². The first-order chi connectivity index (χ1) is 5.24. The molecule has 0 amide bonds. The molecule has 0 bridgehead atoms. The molecule has 0 fully saturated rings. The van der Waals surface area contributed by atoms with Crippen LogP contribution in [0, 0.1) is 0 Å². The molecule has 0 aromatic heterocycles. The van der Waals surface area contributed by atoms with Crippen LogP contribution >= 0.6 is 0 Å². The van der Waals surface area contributed by atoms with Crippen LogP contribution in [0.5, 0.6) is 0 Å². The summed E-state index contributed by atoms with van der Waals surface area (Å²) < 4.78 is 4.49. The lowest BCUT2D eigenvalue weighted by molar-refractivity contribution is -0.116. The first-order valence-corrected chi connectivity index (χ1v) is 2.98. The fourth-order valence-electron chi connectivity index (χ4n) is 0.369. The molecule has 5 heteroatoms. The Morgan fingerprint density at radius 1 is 1.64 bits per heavy atom. The molecule has 1 radical (unpaired) electrons. The number of aldehydes is 1. The van der Waals surface area contributed by atoms with Crippen molar-refractivity contribution in [2.45, 2.75) is 12.2 Å². The lowest BCUT2D eigenvalue weighted by atomic mass is 10.4. The minimum atomic E-state index is -1.27. The lowest BCUT2D eigenvalue weighted by Gasteiger charge is -2.08. The number of ether oxygens (including phenoxy) is 1. The molecule has 0 aliphatic carbocycles. The van der Waals surface area contributed by atoms with Crippen LogP contribution in [-0.2, 0) is 14.3 Å². The highest BCUT2D eigenvalue weighted by Crippen LogP contribution is 1.87. The Kier molecular flexibility index (Phi) is 5.54. The van der Waals surface area contributed by atoms with Gasteiger partial charge < -0.3 is 14.9 Å². The van der Waals surface area contributed by atoms with E-state index in [0.29, 0.717) is 0 Å². The second-order valence-electron chi connectivity index (χ2n) is 1.84. The van der Waals surface area contributed by atoms with Gasteiger partial charge in [0.05, 0.1) is 13.2 Å². The molecule has 0 saturated carbocycles. The van der Waals surface area contributed by atoms with Gasteiger partial charge in [-0.1, -0.05) is 0 Å². The molecule has 0 aromatic carbocycles. The van der Waals surface area contributed by atoms with Gasteiger partial charge in [-0.3, -0.25) is 9.59 Å². The first kappa shape index (κ1) is 10.2. The van der Waals surface area contributed by atoms with E-state index >= 15 is 0 Å². The quantitative estimate of drug-likeness (QED) is 0.349. The van der Waals surface area contributed by atoms with Gasteiger partial charge in [0.2, 0.25) is 6.29 Å². The molecule has 2 unspecified atom stereocenters. The molecule has 0 aliphatic rings. The summed E-state index contributed by atoms with van der Waals surface area (Å²) in [4.78, 5) is 19.7. The lowest BCUT2D eigenvalue weighted by Crippen LogP contribution is -2.25. The number of carbonyl (C=O) groups is 1. The summed E-state index contributed by atoms with van der Waals surface area (Å²) in [6.45, 7) is -0.723. The van der Waals surface area contributed by atoms with E-state index in [2.05, 4.69) is 4.74 Å². The Balaban J connectivity index is 3.49. The average Bonchev–Trinajstić information content (AvgIpc) is 2.06. The second kappa shape index (κ2) is 5.96. The Labute approximate surface area is 63.6 Å². The van der Waals surface area contributed by atoms with Gasteiger partial charge in [-0.05, 0) is 0 Å². The molecular weight excluding hydrogens is 152 g/mol. The number of aliphatic hydroxyl groups excluding tert-OH is 2. The minimum absolute atomic E-state index is 0.255. The second-order valence-corrected chi connectivity index (χ2v) is 1.84. The van der Waals surface area contributed by atoms with Gasteiger partial charge in [0.15, 0.2) is 12.4 Å². The summed E-state index contributed by atoms with van der Waals surface area (Å²) in [5.74, 6) is 0. The third kappa shape index (κ3) is 4.60. The maximum Gasteiger partial charge on any atom is 0.237 e. The van der Waals surface area contributed by atoms with Crippen LogP contribution < -0.4 is 0 Å². The standard InChI is InChI=1S/C6H9O5/c7-1-5(10)4-11-6(2-8)3-9/h2,5-7,10H,1,4H2. The summed E-state index contributed by atoms with van der Waals surface area (Å²) in [6, 6.07) is 0. The van der Waals surface area contributed by atoms with E-state index in [1.54, 1.807) is 0 Å². The van der Waals surface area contributed by atoms with Crippen LogP contribution in [0.25, 0.3) is 0 Å². The molecule has 11 heavy (non-hydrogen) atoms. The van der Waals surface area contributed by atoms with Gasteiger partial charge in [0, 0.05) is 0 Å². The molecule has 0 rings (SSSR count). The number of carbonyl (C=O) groups excluding carboxylic acids is 2. The van der Waals surface area contributed by atoms with E-state index in [1.807, 2.05) is 0 Å². The predicted octanol–water partition coefficient (Wildman–Crippen LogP) is -1.97. The van der Waals surface area contributed by atoms with E-state index in [0.717, 1.165) is 0 Å². The van der Waals surface area contributed by atoms with Crippen molar-refractivity contribution in [3.63, 3.8) is 0 Å². The Morgan fingerprint density at radius 2 is 2.27 bits per heavy atom. The predicted molar refractivity (Wildman–Crippen MR) is 34.6 cm³/mol. The molecule has 2 N–H and O–H groups in total. The fourth-order valence-corrected chi connectivity index (χ4v) is 0.369. The van der Waals surface area contributed by atoms with Gasteiger partial charge in [-0.25, -0.2) is 0 Å². The molecule has 2 atom stereocenters. The van der Waals surface area contributed by atoms with Gasteiger partial charge in [0.25, 0.3) is 0 Å². The van der Waals surface area contributed by atoms with E-state index in [9.17, 15) is 9.59 Å². The highest BCUT2D eigenvalue weighted by molar-refractivity contribution is 5.80. The molecule has 5 nitrogen and oxygen atoms in total. The summed E-state index contributed by atoms with van der Waals surface area (Å²) in [7, 11) is 0. The first-order valence-electron chi connectivity index (χ1n) is 2.98. The van der Waals surface area contributed by atoms with Crippen molar-refractivity contribution in [1.29, 1.82) is 0 Å². The molecular formula is C6H9O5. The van der Waals surface area contributed by atoms with Gasteiger partial charge in [-0.2, -0.15) is 0 Å². The molecule has 0 heterocycles. The highest BCUT2D eigenvalue weighted by atomic mass is 16.5. The van der Waals surface area contributed by atoms with Gasteiger partial charge >= 0.3 is 0 Å². The molecule has 0 aliphatic heterocycles. The Morgan fingerprint density at radius 3 is 2.64 bits per heavy atom. The molecule has 0 aromatic rings. The SMILES string of the molecule is O=[C]C(C=O)OCC(O)CO. The maximum absolute atomic E-state index is 9.91. The largest absolute Gasteiger partial charge is 0.394 e. The molecule has 0 saturated heterocycles. The highest BCUT2D eigenvalue weighted by Gasteiger charge is 2.09. The minimum Gasteiger partial charge on any atom is -0.394 e. The van der Waals surface area contributed by atoms with Crippen molar-refractivity contribution in [3.8, 4) is 0 Å². The van der Waals surface area contributed by atoms with Crippen LogP contribution in [0.4, 0.5) is 0 Å². The van der Waals surface area contributed by atoms with Crippen molar-refractivity contribution in [3.05, 3.63) is 0 Å². The summed E-state index contributed by atoms with van der Waals surface area (Å²) in [6.07, 6.45) is -0.772. The summed E-state index contributed by atoms with van der Waals surface area (Å²) in [5.41, 5.74) is 0. The van der Waals surface area contributed by atoms with Crippen molar-refractivity contribution in [2.24, 2.45) is 0 Å². The fraction of sp³-hybridized carbons (Fsp3) is 0.667. The van der Waals surface area contributed by atoms with Crippen LogP contribution in [-0.4, -0.2) is 48.2 Å². The normalized spacial score (nSPS) is 13.0. The van der Waals surface area contributed by atoms with E-state index < -0.39 is 18.8 Å². The number of rotatable bonds is 6. The van der Waals surface area contributed by atoms with Crippen LogP contribution in [0.1, 0.15) is 0 Å². The molecule has 63 valence electrons. The number of hydrogen-bond donors (Lipinski definition) is 2. The smallest absolute Gasteiger partial charge is 0.237 e. The van der Waals surface area contributed by atoms with Crippen LogP contribution in [0.2, 0.25) is 0 Å². The third-order valence-corrected chi connectivity index (χ3v) is 0.919. The van der Waals surface area contributed by atoms with E-state index in [-0.39, 0.29) is 12.9 Å². The Hall–Kier alpha value is -0.780. The Bertz CT molecular complexity index is 116. The zero-order valence-corrected chi connectivity index (χ0v) is 5.77. The molecule has 0 spiro atoms. The average molecular weight is 161 g/mol. The summed E-state index contributed by atoms with van der Waals surface area (Å²) >= 11 is 0. The van der Waals surface area contributed by atoms with Gasteiger partial charge in [0.1, 0.15) is 6.10 Å². The van der Waals surface area contributed by atoms with Crippen molar-refractivity contribution in [2.75, 3.05) is 13.2 Å². The van der Waals surface area contributed by atoms with E-state index in [1.165, 1.54) is 6.29 Å². The van der Waals surface area contributed by atoms with Crippen molar-refractivity contribution >= 4 is 12.6 Å². The maximum atomic E-state index is 9.91. The summed E-state index contributed by atoms with van der Waals surface area (Å²) in [5, 5.41) is 17.0. The topological polar surface area (TPSA) is 83.8 Å². The zero-order valence-electron chi connectivity index (χ0n) is 5.77. The van der Waals surface area contributed by atoms with Crippen LogP contribution in [0.15, 0.2) is 0 Å². The number of hydrogen-bond acceptors (Lipinski definition) is 5. The van der Waals surface area contributed by atoms with Crippen molar-refractivity contribution < 1.29 is 24.5 Å². The van der Waals surface area contributed by atoms with E-state index in [4.69, 9.17) is 10.2 Å². The number of aliphatic hydroxyl groups is 2. The van der Waals surface area contributed by atoms with Crippen molar-refractivity contribution in [1.82, 2.24) is 0 Å². The third-order valence-electron chi connectivity index (χ3n) is 0.919. The van der Waals surface area contributed by atoms with Gasteiger partial charge in [-0.15, -0.1) is 0 Å². The zero-order chi connectivity index (χ0) is 8.69.